The third-order valence-corrected chi connectivity index (χ3v) is 2.25. The van der Waals surface area contributed by atoms with Crippen molar-refractivity contribution >= 4 is 5.91 Å². The lowest BCUT2D eigenvalue weighted by Crippen LogP contribution is -2.25. The summed E-state index contributed by atoms with van der Waals surface area (Å²) < 4.78 is 10.2. The Labute approximate surface area is 102 Å². The summed E-state index contributed by atoms with van der Waals surface area (Å²) in [5.41, 5.74) is 0.328. The quantitative estimate of drug-likeness (QED) is 0.705. The minimum Gasteiger partial charge on any atom is -0.381 e. The average molecular weight is 240 g/mol. The predicted octanol–water partition coefficient (Wildman–Crippen LogP) is 1.92. The van der Waals surface area contributed by atoms with Gasteiger partial charge >= 0.3 is 0 Å². The molecule has 0 fully saturated rings. The number of amides is 1. The SMILES string of the molecule is CCCCOCCCNC(=O)c1cc(C)on1. The third-order valence-electron chi connectivity index (χ3n) is 2.25. The molecule has 0 saturated heterocycles. The van der Waals surface area contributed by atoms with Gasteiger partial charge in [0, 0.05) is 25.8 Å². The lowest BCUT2D eigenvalue weighted by Gasteiger charge is -2.04. The molecule has 0 atom stereocenters. The Hall–Kier alpha value is -1.36. The van der Waals surface area contributed by atoms with Crippen molar-refractivity contribution in [2.45, 2.75) is 33.1 Å². The largest absolute Gasteiger partial charge is 0.381 e. The van der Waals surface area contributed by atoms with Gasteiger partial charge in [-0.1, -0.05) is 18.5 Å². The Balaban J connectivity index is 2.05. The second kappa shape index (κ2) is 7.84. The van der Waals surface area contributed by atoms with Crippen molar-refractivity contribution in [3.8, 4) is 0 Å². The van der Waals surface area contributed by atoms with Crippen LogP contribution in [0, 0.1) is 6.92 Å². The number of hydrogen-bond donors (Lipinski definition) is 1. The molecule has 5 nitrogen and oxygen atoms in total. The number of unbranched alkanes of at least 4 members (excludes halogenated alkanes) is 1. The molecular formula is C12H20N2O3. The van der Waals surface area contributed by atoms with E-state index in [9.17, 15) is 4.79 Å². The molecule has 0 saturated carbocycles. The van der Waals surface area contributed by atoms with E-state index < -0.39 is 0 Å². The molecule has 1 aromatic rings. The molecule has 1 N–H and O–H groups in total. The number of ether oxygens (including phenoxy) is 1. The van der Waals surface area contributed by atoms with Crippen LogP contribution in [0.3, 0.4) is 0 Å². The second-order valence-electron chi connectivity index (χ2n) is 3.90. The molecule has 0 aliphatic heterocycles. The molecular weight excluding hydrogens is 220 g/mol. The molecule has 0 unspecified atom stereocenters. The van der Waals surface area contributed by atoms with Crippen molar-refractivity contribution in [1.29, 1.82) is 0 Å². The molecule has 1 rings (SSSR count). The molecule has 0 radical (unpaired) electrons. The maximum absolute atomic E-state index is 11.5. The summed E-state index contributed by atoms with van der Waals surface area (Å²) in [4.78, 5) is 11.5. The molecule has 1 amide bonds. The predicted molar refractivity (Wildman–Crippen MR) is 63.9 cm³/mol. The van der Waals surface area contributed by atoms with Crippen LogP contribution in [0.25, 0.3) is 0 Å². The van der Waals surface area contributed by atoms with Gasteiger partial charge < -0.3 is 14.6 Å². The minimum absolute atomic E-state index is 0.199. The fourth-order valence-electron chi connectivity index (χ4n) is 1.29. The van der Waals surface area contributed by atoms with Gasteiger partial charge in [0.1, 0.15) is 5.76 Å². The lowest BCUT2D eigenvalue weighted by atomic mass is 10.3. The van der Waals surface area contributed by atoms with Gasteiger partial charge in [-0.05, 0) is 19.8 Å². The zero-order valence-corrected chi connectivity index (χ0v) is 10.5. The Kier molecular flexibility index (Phi) is 6.32. The van der Waals surface area contributed by atoms with Crippen LogP contribution in [-0.4, -0.2) is 30.8 Å². The van der Waals surface area contributed by atoms with E-state index in [1.165, 1.54) is 0 Å². The van der Waals surface area contributed by atoms with Crippen LogP contribution >= 0.6 is 0 Å². The van der Waals surface area contributed by atoms with E-state index in [-0.39, 0.29) is 5.91 Å². The van der Waals surface area contributed by atoms with Crippen LogP contribution in [0.5, 0.6) is 0 Å². The lowest BCUT2D eigenvalue weighted by molar-refractivity contribution is 0.0931. The van der Waals surface area contributed by atoms with Crippen molar-refractivity contribution < 1.29 is 14.1 Å². The van der Waals surface area contributed by atoms with Crippen LogP contribution in [0.2, 0.25) is 0 Å². The van der Waals surface area contributed by atoms with Gasteiger partial charge in [0.2, 0.25) is 0 Å². The summed E-state index contributed by atoms with van der Waals surface area (Å²) in [5, 5.41) is 6.40. The molecule has 0 aromatic carbocycles. The summed E-state index contributed by atoms with van der Waals surface area (Å²) >= 11 is 0. The number of carbonyl (C=O) groups is 1. The van der Waals surface area contributed by atoms with Gasteiger partial charge in [-0.3, -0.25) is 4.79 Å². The van der Waals surface area contributed by atoms with Gasteiger partial charge in [-0.15, -0.1) is 0 Å². The molecule has 1 aromatic heterocycles. The van der Waals surface area contributed by atoms with Crippen LogP contribution in [-0.2, 0) is 4.74 Å². The van der Waals surface area contributed by atoms with E-state index in [1.54, 1.807) is 13.0 Å². The number of nitrogens with one attached hydrogen (secondary N) is 1. The van der Waals surface area contributed by atoms with E-state index >= 15 is 0 Å². The monoisotopic (exact) mass is 240 g/mol. The Bertz CT molecular complexity index is 336. The molecule has 0 bridgehead atoms. The van der Waals surface area contributed by atoms with E-state index in [0.29, 0.717) is 24.6 Å². The fraction of sp³-hybridized carbons (Fsp3) is 0.667. The highest BCUT2D eigenvalue weighted by Crippen LogP contribution is 2.00. The van der Waals surface area contributed by atoms with Gasteiger partial charge in [0.15, 0.2) is 5.69 Å². The summed E-state index contributed by atoms with van der Waals surface area (Å²) in [7, 11) is 0. The van der Waals surface area contributed by atoms with Crippen LogP contribution in [0.4, 0.5) is 0 Å². The zero-order valence-electron chi connectivity index (χ0n) is 10.5. The molecule has 1 heterocycles. The zero-order chi connectivity index (χ0) is 12.5. The maximum atomic E-state index is 11.5. The van der Waals surface area contributed by atoms with Gasteiger partial charge in [0.25, 0.3) is 5.91 Å². The summed E-state index contributed by atoms with van der Waals surface area (Å²) in [6.45, 7) is 5.96. The first-order chi connectivity index (χ1) is 8.24. The first-order valence-electron chi connectivity index (χ1n) is 6.03. The summed E-state index contributed by atoms with van der Waals surface area (Å²) in [6, 6.07) is 1.62. The van der Waals surface area contributed by atoms with E-state index in [1.807, 2.05) is 0 Å². The molecule has 17 heavy (non-hydrogen) atoms. The van der Waals surface area contributed by atoms with Gasteiger partial charge in [-0.25, -0.2) is 0 Å². The Morgan fingerprint density at radius 1 is 1.47 bits per heavy atom. The minimum atomic E-state index is -0.199. The van der Waals surface area contributed by atoms with E-state index in [0.717, 1.165) is 25.9 Å². The molecule has 0 aliphatic rings. The number of aryl methyl sites for hydroxylation is 1. The van der Waals surface area contributed by atoms with Crippen molar-refractivity contribution in [1.82, 2.24) is 10.5 Å². The second-order valence-corrected chi connectivity index (χ2v) is 3.90. The maximum Gasteiger partial charge on any atom is 0.273 e. The Morgan fingerprint density at radius 2 is 2.24 bits per heavy atom. The smallest absolute Gasteiger partial charge is 0.273 e. The molecule has 5 heteroatoms. The number of nitrogens with zero attached hydrogens (tertiary/aromatic N) is 1. The normalized spacial score (nSPS) is 10.5. The summed E-state index contributed by atoms with van der Waals surface area (Å²) in [5.74, 6) is 0.438. The highest BCUT2D eigenvalue weighted by atomic mass is 16.5. The summed E-state index contributed by atoms with van der Waals surface area (Å²) in [6.07, 6.45) is 3.04. The number of hydrogen-bond acceptors (Lipinski definition) is 4. The first-order valence-corrected chi connectivity index (χ1v) is 6.03. The topological polar surface area (TPSA) is 64.4 Å². The van der Waals surface area contributed by atoms with Crippen molar-refractivity contribution in [2.75, 3.05) is 19.8 Å². The van der Waals surface area contributed by atoms with Crippen LogP contribution < -0.4 is 5.32 Å². The van der Waals surface area contributed by atoms with Crippen molar-refractivity contribution in [3.05, 3.63) is 17.5 Å². The number of carbonyl (C=O) groups excluding carboxylic acids is 1. The Morgan fingerprint density at radius 3 is 2.88 bits per heavy atom. The third kappa shape index (κ3) is 5.49. The van der Waals surface area contributed by atoms with Crippen molar-refractivity contribution in [3.63, 3.8) is 0 Å². The molecule has 0 aliphatic carbocycles. The van der Waals surface area contributed by atoms with Gasteiger partial charge in [-0.2, -0.15) is 0 Å². The van der Waals surface area contributed by atoms with Gasteiger partial charge in [0.05, 0.1) is 0 Å². The fourth-order valence-corrected chi connectivity index (χ4v) is 1.29. The first kappa shape index (κ1) is 13.7. The highest BCUT2D eigenvalue weighted by Gasteiger charge is 2.09. The van der Waals surface area contributed by atoms with Crippen molar-refractivity contribution in [2.24, 2.45) is 0 Å². The number of aromatic nitrogens is 1. The van der Waals surface area contributed by atoms with Crippen LogP contribution in [0.15, 0.2) is 10.6 Å². The number of rotatable bonds is 8. The molecule has 96 valence electrons. The molecule has 0 spiro atoms. The standard InChI is InChI=1S/C12H20N2O3/c1-3-4-7-16-8-5-6-13-12(15)11-9-10(2)17-14-11/h9H,3-8H2,1-2H3,(H,13,15). The van der Waals surface area contributed by atoms with E-state index in [4.69, 9.17) is 9.26 Å². The van der Waals surface area contributed by atoms with Crippen LogP contribution in [0.1, 0.15) is 42.4 Å². The van der Waals surface area contributed by atoms with E-state index in [2.05, 4.69) is 17.4 Å². The highest BCUT2D eigenvalue weighted by molar-refractivity contribution is 5.92. The average Bonchev–Trinajstić information content (AvgIpc) is 2.74.